The zero-order valence-electron chi connectivity index (χ0n) is 9.40. The van der Waals surface area contributed by atoms with Crippen LogP contribution in [0.25, 0.3) is 0 Å². The van der Waals surface area contributed by atoms with Crippen LogP contribution in [-0.2, 0) is 16.1 Å². The predicted molar refractivity (Wildman–Crippen MR) is 60.6 cm³/mol. The van der Waals surface area contributed by atoms with Gasteiger partial charge in [-0.15, -0.1) is 0 Å². The third-order valence-electron chi connectivity index (χ3n) is 2.30. The van der Waals surface area contributed by atoms with Gasteiger partial charge in [0.2, 0.25) is 0 Å². The van der Waals surface area contributed by atoms with Crippen molar-refractivity contribution in [1.29, 1.82) is 0 Å². The molecule has 1 unspecified atom stereocenters. The molecule has 0 saturated carbocycles. The van der Waals surface area contributed by atoms with Crippen LogP contribution in [0.4, 0.5) is 0 Å². The Labute approximate surface area is 91.3 Å². The van der Waals surface area contributed by atoms with Crippen LogP contribution in [0.15, 0.2) is 30.3 Å². The third kappa shape index (κ3) is 4.26. The van der Waals surface area contributed by atoms with Crippen molar-refractivity contribution < 1.29 is 9.53 Å². The van der Waals surface area contributed by atoms with Crippen molar-refractivity contribution in [3.05, 3.63) is 35.9 Å². The molecule has 0 aliphatic rings. The predicted octanol–water partition coefficient (Wildman–Crippen LogP) is 2.96. The summed E-state index contributed by atoms with van der Waals surface area (Å²) in [7, 11) is 0. The Morgan fingerprint density at radius 3 is 2.53 bits per heavy atom. The molecule has 15 heavy (non-hydrogen) atoms. The normalized spacial score (nSPS) is 12.4. The maximum absolute atomic E-state index is 11.2. The molecule has 0 amide bonds. The van der Waals surface area contributed by atoms with E-state index in [-0.39, 0.29) is 11.9 Å². The number of benzene rings is 1. The number of ether oxygens (including phenoxy) is 1. The lowest BCUT2D eigenvalue weighted by Gasteiger charge is -2.13. The molecule has 0 aliphatic carbocycles. The molecule has 0 aromatic heterocycles. The molecule has 2 nitrogen and oxygen atoms in total. The van der Waals surface area contributed by atoms with E-state index in [2.05, 4.69) is 6.92 Å². The summed E-state index contributed by atoms with van der Waals surface area (Å²) < 4.78 is 5.58. The Morgan fingerprint density at radius 2 is 2.00 bits per heavy atom. The Kier molecular flexibility index (Phi) is 5.05. The summed E-state index contributed by atoms with van der Waals surface area (Å²) in [6, 6.07) is 9.92. The van der Waals surface area contributed by atoms with Crippen molar-refractivity contribution in [2.75, 3.05) is 0 Å². The van der Waals surface area contributed by atoms with Crippen molar-refractivity contribution in [3.8, 4) is 0 Å². The van der Waals surface area contributed by atoms with Gasteiger partial charge in [0, 0.05) is 0 Å². The molecule has 1 rings (SSSR count). The van der Waals surface area contributed by atoms with Gasteiger partial charge in [-0.3, -0.25) is 4.79 Å². The monoisotopic (exact) mass is 206 g/mol. The Hall–Kier alpha value is -1.15. The highest BCUT2D eigenvalue weighted by atomic mass is 16.5. The molecule has 2 heteroatoms. The smallest absolute Gasteiger partial charge is 0.158 e. The van der Waals surface area contributed by atoms with Gasteiger partial charge in [0.1, 0.15) is 6.10 Å². The van der Waals surface area contributed by atoms with Crippen molar-refractivity contribution in [2.45, 2.75) is 39.4 Å². The molecule has 0 heterocycles. The lowest BCUT2D eigenvalue weighted by molar-refractivity contribution is -0.129. The standard InChI is InChI=1S/C13H18O2/c1-3-7-13(11(2)14)15-10-12-8-5-4-6-9-12/h4-6,8-9,13H,3,7,10H2,1-2H3. The van der Waals surface area contributed by atoms with Crippen LogP contribution >= 0.6 is 0 Å². The molecule has 0 bridgehead atoms. The number of ketones is 1. The van der Waals surface area contributed by atoms with Crippen molar-refractivity contribution in [3.63, 3.8) is 0 Å². The summed E-state index contributed by atoms with van der Waals surface area (Å²) in [5.41, 5.74) is 1.11. The first-order chi connectivity index (χ1) is 7.24. The summed E-state index contributed by atoms with van der Waals surface area (Å²) in [5.74, 6) is 0.118. The van der Waals surface area contributed by atoms with Gasteiger partial charge in [-0.25, -0.2) is 0 Å². The van der Waals surface area contributed by atoms with Gasteiger partial charge in [-0.1, -0.05) is 43.7 Å². The number of carbonyl (C=O) groups is 1. The Morgan fingerprint density at radius 1 is 1.33 bits per heavy atom. The second-order valence-corrected chi connectivity index (χ2v) is 3.68. The van der Waals surface area contributed by atoms with Crippen LogP contribution in [0, 0.1) is 0 Å². The summed E-state index contributed by atoms with van der Waals surface area (Å²) in [4.78, 5) is 11.2. The first kappa shape index (κ1) is 11.9. The second-order valence-electron chi connectivity index (χ2n) is 3.68. The molecule has 82 valence electrons. The molecule has 0 fully saturated rings. The van der Waals surface area contributed by atoms with E-state index in [1.165, 1.54) is 0 Å². The van der Waals surface area contributed by atoms with E-state index < -0.39 is 0 Å². The van der Waals surface area contributed by atoms with E-state index in [0.29, 0.717) is 6.61 Å². The van der Waals surface area contributed by atoms with E-state index in [1.54, 1.807) is 6.92 Å². The lowest BCUT2D eigenvalue weighted by Crippen LogP contribution is -2.21. The fourth-order valence-corrected chi connectivity index (χ4v) is 1.44. The van der Waals surface area contributed by atoms with Gasteiger partial charge in [0.25, 0.3) is 0 Å². The van der Waals surface area contributed by atoms with E-state index in [4.69, 9.17) is 4.74 Å². The fraction of sp³-hybridized carbons (Fsp3) is 0.462. The second kappa shape index (κ2) is 6.36. The number of hydrogen-bond acceptors (Lipinski definition) is 2. The average molecular weight is 206 g/mol. The molecule has 0 radical (unpaired) electrons. The van der Waals surface area contributed by atoms with Crippen LogP contribution in [0.3, 0.4) is 0 Å². The minimum absolute atomic E-state index is 0.118. The van der Waals surface area contributed by atoms with E-state index in [1.807, 2.05) is 30.3 Å². The van der Waals surface area contributed by atoms with Crippen molar-refractivity contribution in [1.82, 2.24) is 0 Å². The highest BCUT2D eigenvalue weighted by molar-refractivity contribution is 5.80. The highest BCUT2D eigenvalue weighted by Crippen LogP contribution is 2.08. The van der Waals surface area contributed by atoms with Gasteiger partial charge in [0.05, 0.1) is 6.61 Å². The van der Waals surface area contributed by atoms with Crippen LogP contribution in [0.1, 0.15) is 32.3 Å². The molecule has 0 N–H and O–H groups in total. The van der Waals surface area contributed by atoms with Crippen LogP contribution in [0.2, 0.25) is 0 Å². The number of rotatable bonds is 6. The van der Waals surface area contributed by atoms with Crippen LogP contribution < -0.4 is 0 Å². The molecule has 1 aromatic carbocycles. The largest absolute Gasteiger partial charge is 0.366 e. The molecule has 0 spiro atoms. The van der Waals surface area contributed by atoms with Gasteiger partial charge < -0.3 is 4.74 Å². The summed E-state index contributed by atoms with van der Waals surface area (Å²) in [6.07, 6.45) is 1.54. The molecular weight excluding hydrogens is 188 g/mol. The Balaban J connectivity index is 2.43. The van der Waals surface area contributed by atoms with Gasteiger partial charge in [-0.05, 0) is 18.9 Å². The minimum Gasteiger partial charge on any atom is -0.366 e. The average Bonchev–Trinajstić information content (AvgIpc) is 2.25. The summed E-state index contributed by atoms with van der Waals surface area (Å²) in [5, 5.41) is 0. The number of Topliss-reactive ketones (excluding diaryl/α,β-unsaturated/α-hetero) is 1. The molecular formula is C13H18O2. The van der Waals surface area contributed by atoms with E-state index in [9.17, 15) is 4.79 Å². The zero-order chi connectivity index (χ0) is 11.1. The first-order valence-corrected chi connectivity index (χ1v) is 5.40. The maximum Gasteiger partial charge on any atom is 0.158 e. The molecule has 1 atom stereocenters. The quantitative estimate of drug-likeness (QED) is 0.715. The maximum atomic E-state index is 11.2. The third-order valence-corrected chi connectivity index (χ3v) is 2.30. The summed E-state index contributed by atoms with van der Waals surface area (Å²) in [6.45, 7) is 4.16. The minimum atomic E-state index is -0.241. The first-order valence-electron chi connectivity index (χ1n) is 5.40. The van der Waals surface area contributed by atoms with E-state index in [0.717, 1.165) is 18.4 Å². The molecule has 1 aromatic rings. The number of carbonyl (C=O) groups excluding carboxylic acids is 1. The fourth-order valence-electron chi connectivity index (χ4n) is 1.44. The highest BCUT2D eigenvalue weighted by Gasteiger charge is 2.12. The van der Waals surface area contributed by atoms with Crippen molar-refractivity contribution in [2.24, 2.45) is 0 Å². The Bertz CT molecular complexity index is 293. The SMILES string of the molecule is CCCC(OCc1ccccc1)C(C)=O. The van der Waals surface area contributed by atoms with Crippen molar-refractivity contribution >= 4 is 5.78 Å². The lowest BCUT2D eigenvalue weighted by atomic mass is 10.1. The molecule has 0 aliphatic heterocycles. The van der Waals surface area contributed by atoms with E-state index >= 15 is 0 Å². The van der Waals surface area contributed by atoms with Crippen LogP contribution in [-0.4, -0.2) is 11.9 Å². The summed E-state index contributed by atoms with van der Waals surface area (Å²) >= 11 is 0. The van der Waals surface area contributed by atoms with Gasteiger partial charge >= 0.3 is 0 Å². The van der Waals surface area contributed by atoms with Gasteiger partial charge in [-0.2, -0.15) is 0 Å². The molecule has 0 saturated heterocycles. The van der Waals surface area contributed by atoms with Gasteiger partial charge in [0.15, 0.2) is 5.78 Å². The number of hydrogen-bond donors (Lipinski definition) is 0. The topological polar surface area (TPSA) is 26.3 Å². The zero-order valence-corrected chi connectivity index (χ0v) is 9.40. The van der Waals surface area contributed by atoms with Crippen LogP contribution in [0.5, 0.6) is 0 Å².